The van der Waals surface area contributed by atoms with Crippen molar-refractivity contribution in [3.05, 3.63) is 87.8 Å². The van der Waals surface area contributed by atoms with Gasteiger partial charge < -0.3 is 9.72 Å². The molecular formula is C21H15N3O2S. The average Bonchev–Trinajstić information content (AvgIpc) is 3.39. The van der Waals surface area contributed by atoms with E-state index in [0.29, 0.717) is 17.7 Å². The molecule has 0 unspecified atom stereocenters. The van der Waals surface area contributed by atoms with Crippen LogP contribution in [0.2, 0.25) is 0 Å². The van der Waals surface area contributed by atoms with Gasteiger partial charge in [0.15, 0.2) is 0 Å². The molecule has 1 N–H and O–H groups in total. The normalized spacial score (nSPS) is 11.9. The number of rotatable bonds is 4. The second kappa shape index (κ2) is 6.48. The Morgan fingerprint density at radius 3 is 2.85 bits per heavy atom. The molecule has 2 aromatic heterocycles. The van der Waals surface area contributed by atoms with Crippen LogP contribution in [0.1, 0.15) is 31.5 Å². The molecule has 5 rings (SSSR count). The van der Waals surface area contributed by atoms with E-state index >= 15 is 0 Å². The van der Waals surface area contributed by atoms with E-state index in [1.165, 1.54) is 4.88 Å². The van der Waals surface area contributed by atoms with Crippen LogP contribution in [0.5, 0.6) is 5.75 Å². The zero-order chi connectivity index (χ0) is 18.2. The van der Waals surface area contributed by atoms with E-state index in [4.69, 9.17) is 9.72 Å². The fourth-order valence-corrected chi connectivity index (χ4v) is 4.43. The summed E-state index contributed by atoms with van der Waals surface area (Å²) in [6, 6.07) is 14.9. The zero-order valence-electron chi connectivity index (χ0n) is 14.3. The largest absolute Gasteiger partial charge is 0.422 e. The van der Waals surface area contributed by atoms with Crippen molar-refractivity contribution in [1.82, 2.24) is 15.0 Å². The minimum absolute atomic E-state index is 0.357. The summed E-state index contributed by atoms with van der Waals surface area (Å²) in [5.74, 6) is 0.209. The summed E-state index contributed by atoms with van der Waals surface area (Å²) in [6.45, 7) is 0. The molecule has 0 fully saturated rings. The van der Waals surface area contributed by atoms with Gasteiger partial charge in [0, 0.05) is 29.5 Å². The van der Waals surface area contributed by atoms with Crippen molar-refractivity contribution in [3.8, 4) is 17.0 Å². The van der Waals surface area contributed by atoms with Gasteiger partial charge in [-0.15, -0.1) is 11.3 Å². The summed E-state index contributed by atoms with van der Waals surface area (Å²) in [5, 5.41) is 1.02. The maximum Gasteiger partial charge on any atom is 0.343 e. The van der Waals surface area contributed by atoms with Crippen molar-refractivity contribution in [2.24, 2.45) is 0 Å². The first-order valence-corrected chi connectivity index (χ1v) is 9.45. The van der Waals surface area contributed by atoms with Gasteiger partial charge >= 0.3 is 5.97 Å². The maximum absolute atomic E-state index is 12.5. The number of fused-ring (bicyclic) bond motifs is 3. The Balaban J connectivity index is 1.47. The molecular weight excluding hydrogens is 358 g/mol. The molecule has 0 saturated carbocycles. The Morgan fingerprint density at radius 1 is 1.15 bits per heavy atom. The Bertz CT molecular complexity index is 1120. The fraction of sp³-hybridized carbons (Fsp3) is 0.0952. The van der Waals surface area contributed by atoms with E-state index in [2.05, 4.69) is 16.0 Å². The number of aromatic nitrogens is 3. The van der Waals surface area contributed by atoms with Crippen LogP contribution in [-0.4, -0.2) is 20.9 Å². The topological polar surface area (TPSA) is 67.9 Å². The molecule has 1 aliphatic rings. The number of nitrogens with one attached hydrogen (secondary N) is 1. The SMILES string of the molecule is O=C(Oc1cccc2c1-c1nc(Cc3c[nH]cn3)sc1C2)c1ccccc1. The third kappa shape index (κ3) is 2.94. The van der Waals surface area contributed by atoms with Crippen molar-refractivity contribution in [2.75, 3.05) is 0 Å². The predicted molar refractivity (Wildman–Crippen MR) is 103 cm³/mol. The van der Waals surface area contributed by atoms with Crippen LogP contribution >= 0.6 is 11.3 Å². The summed E-state index contributed by atoms with van der Waals surface area (Å²) in [4.78, 5) is 25.8. The molecule has 0 spiro atoms. The van der Waals surface area contributed by atoms with Gasteiger partial charge in [-0.2, -0.15) is 0 Å². The van der Waals surface area contributed by atoms with Crippen molar-refractivity contribution >= 4 is 17.3 Å². The molecule has 4 aromatic rings. The fourth-order valence-electron chi connectivity index (χ4n) is 3.32. The number of H-pyrrole nitrogens is 1. The second-order valence-electron chi connectivity index (χ2n) is 6.34. The highest BCUT2D eigenvalue weighted by atomic mass is 32.1. The van der Waals surface area contributed by atoms with Gasteiger partial charge in [-0.25, -0.2) is 14.8 Å². The van der Waals surface area contributed by atoms with E-state index < -0.39 is 0 Å². The van der Waals surface area contributed by atoms with E-state index in [1.807, 2.05) is 36.5 Å². The number of aromatic amines is 1. The molecule has 0 amide bonds. The van der Waals surface area contributed by atoms with E-state index in [9.17, 15) is 4.79 Å². The summed E-state index contributed by atoms with van der Waals surface area (Å²) in [7, 11) is 0. The molecule has 27 heavy (non-hydrogen) atoms. The quantitative estimate of drug-likeness (QED) is 0.378. The summed E-state index contributed by atoms with van der Waals surface area (Å²) >= 11 is 1.70. The molecule has 5 nitrogen and oxygen atoms in total. The van der Waals surface area contributed by atoms with Crippen molar-refractivity contribution in [1.29, 1.82) is 0 Å². The number of hydrogen-bond donors (Lipinski definition) is 1. The van der Waals surface area contributed by atoms with Gasteiger partial charge in [0.2, 0.25) is 0 Å². The van der Waals surface area contributed by atoms with Crippen LogP contribution < -0.4 is 4.74 Å². The Hall–Kier alpha value is -3.25. The number of carbonyl (C=O) groups is 1. The molecule has 2 aromatic carbocycles. The Morgan fingerprint density at radius 2 is 2.04 bits per heavy atom. The number of imidazole rings is 1. The molecule has 0 atom stereocenters. The highest BCUT2D eigenvalue weighted by molar-refractivity contribution is 7.12. The first-order chi connectivity index (χ1) is 13.3. The van der Waals surface area contributed by atoms with Crippen LogP contribution in [0.3, 0.4) is 0 Å². The first-order valence-electron chi connectivity index (χ1n) is 8.63. The predicted octanol–water partition coefficient (Wildman–Crippen LogP) is 4.25. The smallest absolute Gasteiger partial charge is 0.343 e. The number of esters is 1. The van der Waals surface area contributed by atoms with Crippen molar-refractivity contribution < 1.29 is 9.53 Å². The van der Waals surface area contributed by atoms with Gasteiger partial charge in [0.1, 0.15) is 5.75 Å². The van der Waals surface area contributed by atoms with Gasteiger partial charge in [-0.3, -0.25) is 0 Å². The second-order valence-corrected chi connectivity index (χ2v) is 7.51. The number of benzene rings is 2. The van der Waals surface area contributed by atoms with E-state index in [-0.39, 0.29) is 5.97 Å². The van der Waals surface area contributed by atoms with Crippen LogP contribution in [0.15, 0.2) is 61.1 Å². The van der Waals surface area contributed by atoms with Crippen molar-refractivity contribution in [3.63, 3.8) is 0 Å². The summed E-state index contributed by atoms with van der Waals surface area (Å²) in [5.41, 5.74) is 4.50. The van der Waals surface area contributed by atoms with Gasteiger partial charge in [-0.05, 0) is 23.8 Å². The minimum atomic E-state index is -0.357. The van der Waals surface area contributed by atoms with Crippen LogP contribution in [0, 0.1) is 0 Å². The van der Waals surface area contributed by atoms with E-state index in [1.54, 1.807) is 29.8 Å². The average molecular weight is 373 g/mol. The molecule has 132 valence electrons. The minimum Gasteiger partial charge on any atom is -0.422 e. The van der Waals surface area contributed by atoms with Gasteiger partial charge in [-0.1, -0.05) is 30.3 Å². The molecule has 6 heteroatoms. The highest BCUT2D eigenvalue weighted by Gasteiger charge is 2.27. The number of carbonyl (C=O) groups excluding carboxylic acids is 1. The monoisotopic (exact) mass is 373 g/mol. The number of hydrogen-bond acceptors (Lipinski definition) is 5. The molecule has 0 radical (unpaired) electrons. The maximum atomic E-state index is 12.5. The lowest BCUT2D eigenvalue weighted by Gasteiger charge is -2.09. The molecule has 1 aliphatic carbocycles. The lowest BCUT2D eigenvalue weighted by Crippen LogP contribution is -2.09. The number of nitrogens with zero attached hydrogens (tertiary/aromatic N) is 2. The molecule has 2 heterocycles. The van der Waals surface area contributed by atoms with Gasteiger partial charge in [0.05, 0.1) is 28.3 Å². The molecule has 0 aliphatic heterocycles. The number of thiazole rings is 1. The Labute approximate surface area is 159 Å². The lowest BCUT2D eigenvalue weighted by molar-refractivity contribution is 0.0735. The first kappa shape index (κ1) is 16.0. The van der Waals surface area contributed by atoms with E-state index in [0.717, 1.165) is 33.9 Å². The standard InChI is InChI=1S/C21H15N3O2S/c25-21(13-5-2-1-3-6-13)26-16-8-4-7-14-9-17-20(19(14)16)24-18(27-17)10-15-11-22-12-23-15/h1-8,11-12H,9-10H2,(H,22,23). The molecule has 0 bridgehead atoms. The lowest BCUT2D eigenvalue weighted by atomic mass is 10.1. The number of ether oxygens (including phenoxy) is 1. The van der Waals surface area contributed by atoms with Crippen molar-refractivity contribution in [2.45, 2.75) is 12.8 Å². The van der Waals surface area contributed by atoms with Crippen LogP contribution in [0.4, 0.5) is 0 Å². The highest BCUT2D eigenvalue weighted by Crippen LogP contribution is 2.44. The van der Waals surface area contributed by atoms with Crippen LogP contribution in [0.25, 0.3) is 11.3 Å². The third-order valence-electron chi connectivity index (χ3n) is 4.54. The zero-order valence-corrected chi connectivity index (χ0v) is 15.1. The van der Waals surface area contributed by atoms with Gasteiger partial charge in [0.25, 0.3) is 0 Å². The van der Waals surface area contributed by atoms with Crippen LogP contribution in [-0.2, 0) is 12.8 Å². The summed E-state index contributed by atoms with van der Waals surface area (Å²) < 4.78 is 5.72. The summed E-state index contributed by atoms with van der Waals surface area (Å²) in [6.07, 6.45) is 5.07. The Kier molecular flexibility index (Phi) is 3.83. The molecule has 0 saturated heterocycles. The third-order valence-corrected chi connectivity index (χ3v) is 5.60.